The van der Waals surface area contributed by atoms with E-state index in [0.717, 1.165) is 15.8 Å². The number of ether oxygens (including phenoxy) is 2. The van der Waals surface area contributed by atoms with Crippen LogP contribution >= 0.6 is 0 Å². The fraction of sp³-hybridized carbons (Fsp3) is 0.241. The predicted molar refractivity (Wildman–Crippen MR) is 144 cm³/mol. The van der Waals surface area contributed by atoms with E-state index in [1.165, 1.54) is 0 Å². The predicted octanol–water partition coefficient (Wildman–Crippen LogP) is 3.61. The van der Waals surface area contributed by atoms with E-state index in [1.54, 1.807) is 54.9 Å². The van der Waals surface area contributed by atoms with Crippen molar-refractivity contribution >= 4 is 28.6 Å². The van der Waals surface area contributed by atoms with E-state index in [1.807, 2.05) is 24.3 Å². The molecule has 0 saturated carbocycles. The number of aromatic nitrogens is 2. The Hall–Kier alpha value is -4.84. The highest BCUT2D eigenvalue weighted by Gasteiger charge is 2.41. The maximum Gasteiger partial charge on any atom is 0.345 e. The van der Waals surface area contributed by atoms with Crippen molar-refractivity contribution in [3.05, 3.63) is 90.4 Å². The number of alkyl halides is 2. The Balaban J connectivity index is 1.18. The first-order valence-corrected chi connectivity index (χ1v) is 12.9. The van der Waals surface area contributed by atoms with Crippen molar-refractivity contribution in [3.63, 3.8) is 0 Å². The second-order valence-electron chi connectivity index (χ2n) is 9.41. The number of hydrogen-bond donors (Lipinski definition) is 3. The second kappa shape index (κ2) is 12.6. The summed E-state index contributed by atoms with van der Waals surface area (Å²) >= 11 is 0. The smallest absolute Gasteiger partial charge is 0.345 e. The fourth-order valence-corrected chi connectivity index (χ4v) is 4.65. The Bertz CT molecular complexity index is 1480. The average Bonchev–Trinajstić information content (AvgIpc) is 3.59. The summed E-state index contributed by atoms with van der Waals surface area (Å²) in [6.07, 6.45) is 2.19. The zero-order valence-corrected chi connectivity index (χ0v) is 21.8. The van der Waals surface area contributed by atoms with Crippen LogP contribution in [0.15, 0.2) is 79.1 Å². The summed E-state index contributed by atoms with van der Waals surface area (Å²) in [5.74, 6) is -0.454. The first-order valence-electron chi connectivity index (χ1n) is 12.9. The molecule has 10 nitrogen and oxygen atoms in total. The zero-order valence-electron chi connectivity index (χ0n) is 21.8. The van der Waals surface area contributed by atoms with Gasteiger partial charge in [0, 0.05) is 47.5 Å². The number of benzene rings is 2. The molecule has 3 amide bonds. The van der Waals surface area contributed by atoms with Gasteiger partial charge in [-0.2, -0.15) is 8.78 Å². The lowest BCUT2D eigenvalue weighted by atomic mass is 10.1. The number of hydrogen-bond acceptors (Lipinski definition) is 6. The van der Waals surface area contributed by atoms with Crippen molar-refractivity contribution < 1.29 is 32.6 Å². The molecule has 1 fully saturated rings. The van der Waals surface area contributed by atoms with Crippen molar-refractivity contribution in [2.24, 2.45) is 0 Å². The van der Waals surface area contributed by atoms with Crippen LogP contribution in [0, 0.1) is 0 Å². The number of aromatic amines is 1. The molecule has 3 heterocycles. The molecule has 2 atom stereocenters. The van der Waals surface area contributed by atoms with Gasteiger partial charge in [-0.3, -0.25) is 19.4 Å². The lowest BCUT2D eigenvalue weighted by molar-refractivity contribution is -0.160. The second-order valence-corrected chi connectivity index (χ2v) is 9.41. The number of H-pyrrole nitrogens is 1. The third-order valence-electron chi connectivity index (χ3n) is 6.61. The van der Waals surface area contributed by atoms with Gasteiger partial charge in [-0.1, -0.05) is 18.2 Å². The van der Waals surface area contributed by atoms with Gasteiger partial charge in [-0.25, -0.2) is 0 Å². The van der Waals surface area contributed by atoms with Crippen LogP contribution in [0.5, 0.6) is 11.5 Å². The minimum absolute atomic E-state index is 0.102. The topological polar surface area (TPSA) is 126 Å². The van der Waals surface area contributed by atoms with Crippen LogP contribution in [0.4, 0.5) is 8.78 Å². The summed E-state index contributed by atoms with van der Waals surface area (Å²) in [5.41, 5.74) is 1.85. The molecule has 2 aromatic carbocycles. The minimum Gasteiger partial charge on any atom is -0.457 e. The third-order valence-corrected chi connectivity index (χ3v) is 6.61. The summed E-state index contributed by atoms with van der Waals surface area (Å²) in [6, 6.07) is 18.1. The van der Waals surface area contributed by atoms with Gasteiger partial charge in [-0.05, 0) is 48.5 Å². The van der Waals surface area contributed by atoms with Crippen LogP contribution in [0.2, 0.25) is 0 Å². The molecular weight excluding hydrogens is 536 g/mol. The van der Waals surface area contributed by atoms with Crippen molar-refractivity contribution in [2.75, 3.05) is 13.1 Å². The maximum atomic E-state index is 13.0. The fourth-order valence-electron chi connectivity index (χ4n) is 4.65. The van der Waals surface area contributed by atoms with Gasteiger partial charge in [-0.15, -0.1) is 0 Å². The number of nitrogens with zero attached hydrogens (tertiary/aromatic N) is 2. The number of carbonyl (C=O) groups is 3. The molecule has 0 unspecified atom stereocenters. The van der Waals surface area contributed by atoms with E-state index in [-0.39, 0.29) is 19.5 Å². The molecule has 2 aromatic heterocycles. The van der Waals surface area contributed by atoms with E-state index in [0.29, 0.717) is 22.8 Å². The Morgan fingerprint density at radius 3 is 2.51 bits per heavy atom. The summed E-state index contributed by atoms with van der Waals surface area (Å²) in [7, 11) is 0. The highest BCUT2D eigenvalue weighted by Crippen LogP contribution is 2.24. The molecule has 212 valence electrons. The number of carbonyl (C=O) groups excluding carboxylic acids is 3. The van der Waals surface area contributed by atoms with Crippen LogP contribution in [0.1, 0.15) is 22.5 Å². The monoisotopic (exact) mass is 563 g/mol. The van der Waals surface area contributed by atoms with Gasteiger partial charge in [0.15, 0.2) is 0 Å². The SMILES string of the molecule is O=C(NCC(=O)N1C[C@H](OC(F)F)C[C@H]1C(=O)NCc1cc2cnccc2[nH]1)c1ccc(Oc2ccccc2)cc1. The van der Waals surface area contributed by atoms with Crippen molar-refractivity contribution in [1.29, 1.82) is 0 Å². The highest BCUT2D eigenvalue weighted by atomic mass is 19.3. The van der Waals surface area contributed by atoms with Crippen molar-refractivity contribution in [2.45, 2.75) is 31.7 Å². The van der Waals surface area contributed by atoms with Crippen molar-refractivity contribution in [1.82, 2.24) is 25.5 Å². The largest absolute Gasteiger partial charge is 0.457 e. The molecule has 41 heavy (non-hydrogen) atoms. The summed E-state index contributed by atoms with van der Waals surface area (Å²) in [6.45, 7) is -3.55. The first-order chi connectivity index (χ1) is 19.9. The average molecular weight is 564 g/mol. The van der Waals surface area contributed by atoms with Gasteiger partial charge in [0.2, 0.25) is 11.8 Å². The van der Waals surface area contributed by atoms with Crippen molar-refractivity contribution in [3.8, 4) is 11.5 Å². The molecule has 1 saturated heterocycles. The molecule has 0 spiro atoms. The summed E-state index contributed by atoms with van der Waals surface area (Å²) in [5, 5.41) is 6.15. The molecule has 0 aliphatic carbocycles. The van der Waals surface area contributed by atoms with E-state index >= 15 is 0 Å². The summed E-state index contributed by atoms with van der Waals surface area (Å²) < 4.78 is 36.1. The number of nitrogens with one attached hydrogen (secondary N) is 3. The van der Waals surface area contributed by atoms with E-state index in [9.17, 15) is 23.2 Å². The number of halogens is 2. The van der Waals surface area contributed by atoms with Gasteiger partial charge in [0.1, 0.15) is 17.5 Å². The number of para-hydroxylation sites is 1. The molecule has 5 rings (SSSR count). The Labute approximate surface area is 233 Å². The molecule has 1 aliphatic heterocycles. The molecule has 0 bridgehead atoms. The van der Waals surface area contributed by atoms with E-state index in [2.05, 4.69) is 25.3 Å². The lowest BCUT2D eigenvalue weighted by Gasteiger charge is -2.24. The lowest BCUT2D eigenvalue weighted by Crippen LogP contribution is -2.49. The quantitative estimate of drug-likeness (QED) is 0.271. The molecule has 1 aliphatic rings. The van der Waals surface area contributed by atoms with Crippen LogP contribution in [-0.4, -0.2) is 64.4 Å². The molecule has 12 heteroatoms. The van der Waals surface area contributed by atoms with Crippen LogP contribution in [0.25, 0.3) is 10.9 Å². The minimum atomic E-state index is -3.05. The maximum absolute atomic E-state index is 13.0. The van der Waals surface area contributed by atoms with Gasteiger partial charge >= 0.3 is 6.61 Å². The van der Waals surface area contributed by atoms with Gasteiger partial charge in [0.25, 0.3) is 5.91 Å². The van der Waals surface area contributed by atoms with E-state index < -0.39 is 43.0 Å². The molecular formula is C29H27F2N5O5. The normalized spacial score (nSPS) is 16.6. The number of fused-ring (bicyclic) bond motifs is 1. The van der Waals surface area contributed by atoms with Crippen LogP contribution < -0.4 is 15.4 Å². The van der Waals surface area contributed by atoms with Gasteiger partial charge < -0.3 is 30.0 Å². The van der Waals surface area contributed by atoms with E-state index in [4.69, 9.17) is 4.74 Å². The standard InChI is InChI=1S/C29H27F2N5O5/c30-29(31)41-23-13-25(28(39)33-15-20-12-19-14-32-11-10-24(19)35-20)36(17-23)26(37)16-34-27(38)18-6-8-22(9-7-18)40-21-4-2-1-3-5-21/h1-12,14,23,25,29,35H,13,15-17H2,(H,33,39)(H,34,38)/t23-,25+/m1/s1. The highest BCUT2D eigenvalue weighted by molar-refractivity contribution is 5.97. The Morgan fingerprint density at radius 2 is 1.78 bits per heavy atom. The molecule has 0 radical (unpaired) electrons. The zero-order chi connectivity index (χ0) is 28.8. The van der Waals surface area contributed by atoms with Gasteiger partial charge in [0.05, 0.1) is 19.2 Å². The van der Waals surface area contributed by atoms with Crippen LogP contribution in [0.3, 0.4) is 0 Å². The number of likely N-dealkylation sites (tertiary alicyclic amines) is 1. The first kappa shape index (κ1) is 27.7. The molecule has 4 aromatic rings. The molecule has 3 N–H and O–H groups in total. The third kappa shape index (κ3) is 7.03. The Kier molecular flexibility index (Phi) is 8.49. The summed E-state index contributed by atoms with van der Waals surface area (Å²) in [4.78, 5) is 47.1. The number of amides is 3. The number of pyridine rings is 1. The Morgan fingerprint density at radius 1 is 1.02 bits per heavy atom. The number of rotatable bonds is 10. The van der Waals surface area contributed by atoms with Crippen LogP contribution in [-0.2, 0) is 20.9 Å².